The third-order valence-corrected chi connectivity index (χ3v) is 12.0. The first-order chi connectivity index (χ1) is 17.9. The second-order valence-corrected chi connectivity index (χ2v) is 13.9. The average Bonchev–Trinajstić information content (AvgIpc) is 3.55. The van der Waals surface area contributed by atoms with E-state index in [-0.39, 0.29) is 28.7 Å². The van der Waals surface area contributed by atoms with Gasteiger partial charge in [0.2, 0.25) is 20.0 Å². The Hall–Kier alpha value is -2.80. The van der Waals surface area contributed by atoms with Crippen molar-refractivity contribution in [3.63, 3.8) is 0 Å². The normalized spacial score (nSPS) is 29.3. The molecule has 0 radical (unpaired) electrons. The van der Waals surface area contributed by atoms with Crippen molar-refractivity contribution in [2.75, 3.05) is 20.8 Å². The van der Waals surface area contributed by atoms with Crippen LogP contribution < -0.4 is 0 Å². The highest BCUT2D eigenvalue weighted by Crippen LogP contribution is 2.60. The predicted molar refractivity (Wildman–Crippen MR) is 136 cm³/mol. The maximum atomic E-state index is 14.2. The molecule has 204 valence electrons. The van der Waals surface area contributed by atoms with Gasteiger partial charge in [-0.2, -0.15) is 8.61 Å². The molecule has 0 spiro atoms. The summed E-state index contributed by atoms with van der Waals surface area (Å²) in [7, 11) is -6.35. The second-order valence-electron chi connectivity index (χ2n) is 10.2. The van der Waals surface area contributed by atoms with Gasteiger partial charge in [0, 0.05) is 12.5 Å². The zero-order chi connectivity index (χ0) is 27.6. The highest BCUT2D eigenvalue weighted by molar-refractivity contribution is 7.89. The average molecular weight is 563 g/mol. The van der Waals surface area contributed by atoms with Crippen LogP contribution in [-0.4, -0.2) is 75.8 Å². The van der Waals surface area contributed by atoms with Gasteiger partial charge in [0.05, 0.1) is 30.1 Å². The SMILES string of the molecule is COC(=O)[C@H]1[C@H]2[C@@H]3[C@@H](CC[C@]3(C(=O)OC)N1S(=O)(=O)c1ccc(C)cc1)CN2S(=O)(=O)c1ccc(C)cc1. The van der Waals surface area contributed by atoms with Crippen molar-refractivity contribution in [3.8, 4) is 0 Å². The molecule has 2 aromatic carbocycles. The molecular formula is C26H30N2O8S2. The minimum atomic E-state index is -4.48. The molecule has 1 aliphatic carbocycles. The monoisotopic (exact) mass is 562 g/mol. The van der Waals surface area contributed by atoms with Crippen LogP contribution in [-0.2, 0) is 39.1 Å². The quantitative estimate of drug-likeness (QED) is 0.488. The number of ether oxygens (including phenoxy) is 2. The van der Waals surface area contributed by atoms with Crippen LogP contribution in [0.5, 0.6) is 0 Å². The third kappa shape index (κ3) is 3.64. The number of sulfonamides is 2. The number of carbonyl (C=O) groups excluding carboxylic acids is 2. The fourth-order valence-corrected chi connectivity index (χ4v) is 10.2. The highest BCUT2D eigenvalue weighted by atomic mass is 32.2. The summed E-state index contributed by atoms with van der Waals surface area (Å²) >= 11 is 0. The van der Waals surface area contributed by atoms with Crippen LogP contribution in [0.15, 0.2) is 58.3 Å². The number of methoxy groups -OCH3 is 2. The smallest absolute Gasteiger partial charge is 0.327 e. The molecule has 2 aromatic rings. The number of benzene rings is 2. The van der Waals surface area contributed by atoms with Crippen LogP contribution in [0.3, 0.4) is 0 Å². The van der Waals surface area contributed by atoms with Crippen molar-refractivity contribution >= 4 is 32.0 Å². The Balaban J connectivity index is 1.74. The van der Waals surface area contributed by atoms with Gasteiger partial charge in [-0.3, -0.25) is 9.59 Å². The van der Waals surface area contributed by atoms with E-state index < -0.39 is 55.5 Å². The minimum absolute atomic E-state index is 0.0233. The number of hydrogen-bond donors (Lipinski definition) is 0. The molecule has 1 saturated carbocycles. The lowest BCUT2D eigenvalue weighted by Crippen LogP contribution is -2.59. The molecule has 2 aliphatic heterocycles. The molecule has 5 atom stereocenters. The molecule has 0 unspecified atom stereocenters. The topological polar surface area (TPSA) is 127 Å². The minimum Gasteiger partial charge on any atom is -0.468 e. The van der Waals surface area contributed by atoms with Crippen molar-refractivity contribution < 1.29 is 35.9 Å². The lowest BCUT2D eigenvalue weighted by Gasteiger charge is -2.37. The Labute approximate surface area is 222 Å². The van der Waals surface area contributed by atoms with Gasteiger partial charge in [0.25, 0.3) is 0 Å². The third-order valence-electron chi connectivity index (χ3n) is 8.23. The Morgan fingerprint density at radius 3 is 1.87 bits per heavy atom. The van der Waals surface area contributed by atoms with Gasteiger partial charge in [-0.05, 0) is 56.9 Å². The highest BCUT2D eigenvalue weighted by Gasteiger charge is 2.77. The van der Waals surface area contributed by atoms with Crippen LogP contribution in [0, 0.1) is 25.7 Å². The van der Waals surface area contributed by atoms with E-state index in [2.05, 4.69) is 0 Å². The van der Waals surface area contributed by atoms with E-state index in [1.807, 2.05) is 6.92 Å². The molecule has 5 rings (SSSR count). The van der Waals surface area contributed by atoms with Gasteiger partial charge in [-0.1, -0.05) is 35.4 Å². The summed E-state index contributed by atoms with van der Waals surface area (Å²) in [5.41, 5.74) is -0.0640. The van der Waals surface area contributed by atoms with Crippen molar-refractivity contribution in [2.24, 2.45) is 11.8 Å². The summed E-state index contributed by atoms with van der Waals surface area (Å²) in [6.07, 6.45) is 0.493. The number of carbonyl (C=O) groups is 2. The maximum Gasteiger partial charge on any atom is 0.327 e. The molecule has 0 N–H and O–H groups in total. The molecule has 2 saturated heterocycles. The van der Waals surface area contributed by atoms with E-state index in [9.17, 15) is 26.4 Å². The molecule has 0 amide bonds. The van der Waals surface area contributed by atoms with E-state index >= 15 is 0 Å². The van der Waals surface area contributed by atoms with Crippen LogP contribution in [0.25, 0.3) is 0 Å². The number of aryl methyl sites for hydroxylation is 2. The summed E-state index contributed by atoms with van der Waals surface area (Å²) < 4.78 is 68.6. The number of hydrogen-bond acceptors (Lipinski definition) is 8. The van der Waals surface area contributed by atoms with Gasteiger partial charge in [-0.25, -0.2) is 16.8 Å². The molecule has 2 heterocycles. The van der Waals surface area contributed by atoms with Crippen LogP contribution in [0.2, 0.25) is 0 Å². The van der Waals surface area contributed by atoms with Crippen LogP contribution in [0.1, 0.15) is 24.0 Å². The van der Waals surface area contributed by atoms with E-state index in [1.54, 1.807) is 31.2 Å². The van der Waals surface area contributed by atoms with Crippen molar-refractivity contribution in [3.05, 3.63) is 59.7 Å². The van der Waals surface area contributed by atoms with E-state index in [1.165, 1.54) is 28.6 Å². The van der Waals surface area contributed by atoms with Gasteiger partial charge in [0.1, 0.15) is 11.6 Å². The molecule has 10 nitrogen and oxygen atoms in total. The molecule has 0 bridgehead atoms. The molecular weight excluding hydrogens is 532 g/mol. The van der Waals surface area contributed by atoms with E-state index in [4.69, 9.17) is 9.47 Å². The summed E-state index contributed by atoms with van der Waals surface area (Å²) in [4.78, 5) is 26.8. The fourth-order valence-electron chi connectivity index (χ4n) is 6.59. The van der Waals surface area contributed by atoms with Gasteiger partial charge >= 0.3 is 11.9 Å². The van der Waals surface area contributed by atoms with Crippen molar-refractivity contribution in [1.82, 2.24) is 8.61 Å². The summed E-state index contributed by atoms with van der Waals surface area (Å²) in [6, 6.07) is 9.62. The Morgan fingerprint density at radius 1 is 0.842 bits per heavy atom. The second kappa shape index (κ2) is 9.15. The Kier molecular flexibility index (Phi) is 6.45. The number of nitrogens with zero attached hydrogens (tertiary/aromatic N) is 2. The Morgan fingerprint density at radius 2 is 1.37 bits per heavy atom. The predicted octanol–water partition coefficient (Wildman–Crippen LogP) is 1.86. The number of rotatable bonds is 6. The molecule has 38 heavy (non-hydrogen) atoms. The van der Waals surface area contributed by atoms with Gasteiger partial charge < -0.3 is 9.47 Å². The van der Waals surface area contributed by atoms with Crippen molar-refractivity contribution in [2.45, 2.75) is 54.1 Å². The van der Waals surface area contributed by atoms with E-state index in [0.29, 0.717) is 6.42 Å². The summed E-state index contributed by atoms with van der Waals surface area (Å²) in [6.45, 7) is 3.69. The standard InChI is InChI=1S/C26H30N2O8S2/c1-16-5-9-19(10-6-16)37(31,32)27-15-18-13-14-26(25(30)36-4)21(18)22(27)23(24(29)35-3)28(26)38(33,34)20-11-7-17(2)8-12-20/h5-12,18,21-23H,13-15H2,1-4H3/t18-,21-,22+,23+,26-/m0/s1. The molecule has 0 aromatic heterocycles. The number of esters is 2. The molecule has 3 fully saturated rings. The van der Waals surface area contributed by atoms with Gasteiger partial charge in [-0.15, -0.1) is 0 Å². The Bertz CT molecular complexity index is 1490. The summed E-state index contributed by atoms with van der Waals surface area (Å²) in [5.74, 6) is -2.90. The van der Waals surface area contributed by atoms with Crippen molar-refractivity contribution in [1.29, 1.82) is 0 Å². The first kappa shape index (κ1) is 26.8. The zero-order valence-electron chi connectivity index (χ0n) is 21.5. The molecule has 3 aliphatic rings. The van der Waals surface area contributed by atoms with Gasteiger partial charge in [0.15, 0.2) is 0 Å². The zero-order valence-corrected chi connectivity index (χ0v) is 23.2. The van der Waals surface area contributed by atoms with E-state index in [0.717, 1.165) is 29.7 Å². The summed E-state index contributed by atoms with van der Waals surface area (Å²) in [5, 5.41) is 0. The maximum absolute atomic E-state index is 14.2. The van der Waals surface area contributed by atoms with Crippen LogP contribution in [0.4, 0.5) is 0 Å². The van der Waals surface area contributed by atoms with Crippen LogP contribution >= 0.6 is 0 Å². The largest absolute Gasteiger partial charge is 0.468 e. The molecule has 12 heteroatoms. The first-order valence-electron chi connectivity index (χ1n) is 12.3. The lowest BCUT2D eigenvalue weighted by atomic mass is 9.83. The fraction of sp³-hybridized carbons (Fsp3) is 0.462. The first-order valence-corrected chi connectivity index (χ1v) is 15.1. The lowest BCUT2D eigenvalue weighted by molar-refractivity contribution is -0.154.